The van der Waals surface area contributed by atoms with Crippen LogP contribution in [0, 0.1) is 0 Å². The summed E-state index contributed by atoms with van der Waals surface area (Å²) in [4.78, 5) is 2.50. The van der Waals surface area contributed by atoms with E-state index in [-0.39, 0.29) is 0 Å². The SMILES string of the molecule is CCN1c2ccccc2C=CC1C/C=C1\CCCC(/C=C/c2ccc3ccccc3[n+]2CC)=C1Cl. The standard InChI is InChI=1S/C32H34ClN2/c1-3-34-28(20-16-24-10-5-7-14-30(24)34)22-18-26-12-9-13-27(32(26)33)19-23-29-21-17-25-11-6-8-15-31(25)35(29)4-2/h5-8,10-11,14-22,29H,3-4,9,12-13,23H2,1-2H3/q+1/b22-18+,27-19+. The first kappa shape index (κ1) is 23.6. The highest BCUT2D eigenvalue weighted by molar-refractivity contribution is 6.32. The number of allylic oxidation sites excluding steroid dienone is 4. The minimum atomic E-state index is 0.369. The van der Waals surface area contributed by atoms with E-state index in [4.69, 9.17) is 11.6 Å². The van der Waals surface area contributed by atoms with Gasteiger partial charge in [0.2, 0.25) is 11.2 Å². The summed E-state index contributed by atoms with van der Waals surface area (Å²) in [6.45, 7) is 6.37. The van der Waals surface area contributed by atoms with E-state index in [2.05, 4.69) is 114 Å². The maximum Gasteiger partial charge on any atom is 0.212 e. The monoisotopic (exact) mass is 481 g/mol. The average molecular weight is 482 g/mol. The van der Waals surface area contributed by atoms with Crippen LogP contribution in [0.25, 0.3) is 23.1 Å². The number of aryl methyl sites for hydroxylation is 1. The van der Waals surface area contributed by atoms with Gasteiger partial charge in [-0.2, -0.15) is 4.57 Å². The van der Waals surface area contributed by atoms with Crippen LogP contribution in [0.2, 0.25) is 0 Å². The summed E-state index contributed by atoms with van der Waals surface area (Å²) in [5.74, 6) is 0. The molecule has 2 nitrogen and oxygen atoms in total. The van der Waals surface area contributed by atoms with Gasteiger partial charge >= 0.3 is 0 Å². The zero-order valence-electron chi connectivity index (χ0n) is 20.8. The number of fused-ring (bicyclic) bond motifs is 2. The Morgan fingerprint density at radius 3 is 2.66 bits per heavy atom. The predicted molar refractivity (Wildman–Crippen MR) is 151 cm³/mol. The van der Waals surface area contributed by atoms with Gasteiger partial charge < -0.3 is 4.90 Å². The summed E-state index contributed by atoms with van der Waals surface area (Å²) in [6, 6.07) is 22.0. The summed E-state index contributed by atoms with van der Waals surface area (Å²) < 4.78 is 2.37. The molecule has 0 bridgehead atoms. The van der Waals surface area contributed by atoms with E-state index in [1.54, 1.807) is 0 Å². The van der Waals surface area contributed by atoms with E-state index in [0.717, 1.165) is 43.8 Å². The molecule has 3 heteroatoms. The minimum Gasteiger partial charge on any atom is -0.365 e. The molecule has 2 aromatic carbocycles. The van der Waals surface area contributed by atoms with Crippen molar-refractivity contribution in [1.82, 2.24) is 0 Å². The molecule has 35 heavy (non-hydrogen) atoms. The molecule has 0 N–H and O–H groups in total. The van der Waals surface area contributed by atoms with Crippen LogP contribution in [0.15, 0.2) is 95.1 Å². The van der Waals surface area contributed by atoms with Crippen LogP contribution >= 0.6 is 11.6 Å². The van der Waals surface area contributed by atoms with Gasteiger partial charge in [-0.1, -0.05) is 66.2 Å². The Bertz CT molecular complexity index is 1340. The zero-order valence-corrected chi connectivity index (χ0v) is 21.5. The quantitative estimate of drug-likeness (QED) is 0.323. The molecule has 1 aliphatic heterocycles. The molecule has 0 fully saturated rings. The highest BCUT2D eigenvalue weighted by atomic mass is 35.5. The van der Waals surface area contributed by atoms with Gasteiger partial charge in [-0.25, -0.2) is 0 Å². The van der Waals surface area contributed by atoms with Crippen LogP contribution in [0.5, 0.6) is 0 Å². The number of para-hydroxylation sites is 2. The number of benzene rings is 2. The molecule has 1 atom stereocenters. The maximum atomic E-state index is 6.97. The number of rotatable bonds is 6. The van der Waals surface area contributed by atoms with E-state index in [0.29, 0.717) is 6.04 Å². The summed E-state index contributed by atoms with van der Waals surface area (Å²) in [5.41, 5.74) is 7.65. The van der Waals surface area contributed by atoms with Crippen molar-refractivity contribution in [3.05, 3.63) is 106 Å². The number of halogens is 1. The maximum absolute atomic E-state index is 6.97. The number of nitrogens with zero attached hydrogens (tertiary/aromatic N) is 2. The molecule has 0 saturated carbocycles. The van der Waals surface area contributed by atoms with Gasteiger partial charge in [-0.15, -0.1) is 0 Å². The molecule has 1 unspecified atom stereocenters. The number of hydrogen-bond acceptors (Lipinski definition) is 1. The van der Waals surface area contributed by atoms with Crippen molar-refractivity contribution in [1.29, 1.82) is 0 Å². The second kappa shape index (κ2) is 10.7. The smallest absolute Gasteiger partial charge is 0.212 e. The van der Waals surface area contributed by atoms with Gasteiger partial charge in [0.15, 0.2) is 0 Å². The minimum absolute atomic E-state index is 0.369. The third kappa shape index (κ3) is 4.86. The summed E-state index contributed by atoms with van der Waals surface area (Å²) in [5, 5.41) is 2.21. The first-order valence-corrected chi connectivity index (χ1v) is 13.3. The van der Waals surface area contributed by atoms with E-state index in [1.165, 1.54) is 39.0 Å². The number of hydrogen-bond donors (Lipinski definition) is 0. The Morgan fingerprint density at radius 1 is 0.971 bits per heavy atom. The molecule has 5 rings (SSSR count). The van der Waals surface area contributed by atoms with Crippen LogP contribution < -0.4 is 9.47 Å². The van der Waals surface area contributed by atoms with Gasteiger partial charge in [0, 0.05) is 40.9 Å². The molecule has 178 valence electrons. The lowest BCUT2D eigenvalue weighted by atomic mass is 9.92. The number of aromatic nitrogens is 1. The van der Waals surface area contributed by atoms with Crippen molar-refractivity contribution in [2.45, 2.75) is 52.1 Å². The Kier molecular flexibility index (Phi) is 7.20. The van der Waals surface area contributed by atoms with Gasteiger partial charge in [0.05, 0.1) is 6.04 Å². The molecule has 0 saturated heterocycles. The third-order valence-corrected chi connectivity index (χ3v) is 7.78. The molecule has 0 spiro atoms. The Hall–Kier alpha value is -3.10. The lowest BCUT2D eigenvalue weighted by Crippen LogP contribution is -2.36. The fraction of sp³-hybridized carbons (Fsp3) is 0.281. The van der Waals surface area contributed by atoms with Crippen LogP contribution in [0.1, 0.15) is 50.8 Å². The number of pyridine rings is 1. The lowest BCUT2D eigenvalue weighted by molar-refractivity contribution is -0.669. The Morgan fingerprint density at radius 2 is 1.80 bits per heavy atom. The largest absolute Gasteiger partial charge is 0.365 e. The van der Waals surface area contributed by atoms with E-state index >= 15 is 0 Å². The molecular weight excluding hydrogens is 448 g/mol. The highest BCUT2D eigenvalue weighted by Gasteiger charge is 2.21. The van der Waals surface area contributed by atoms with Crippen molar-refractivity contribution in [2.75, 3.05) is 11.4 Å². The van der Waals surface area contributed by atoms with Crippen molar-refractivity contribution in [3.8, 4) is 0 Å². The fourth-order valence-corrected chi connectivity index (χ4v) is 5.80. The lowest BCUT2D eigenvalue weighted by Gasteiger charge is -2.34. The summed E-state index contributed by atoms with van der Waals surface area (Å²) in [6.07, 6.45) is 15.7. The van der Waals surface area contributed by atoms with Gasteiger partial charge in [-0.05, 0) is 74.4 Å². The first-order valence-electron chi connectivity index (χ1n) is 12.9. The van der Waals surface area contributed by atoms with Crippen molar-refractivity contribution in [2.24, 2.45) is 0 Å². The second-order valence-corrected chi connectivity index (χ2v) is 9.70. The van der Waals surface area contributed by atoms with Crippen molar-refractivity contribution in [3.63, 3.8) is 0 Å². The van der Waals surface area contributed by atoms with E-state index in [1.807, 2.05) is 0 Å². The molecular formula is C32H34ClN2+. The average Bonchev–Trinajstić information content (AvgIpc) is 2.91. The van der Waals surface area contributed by atoms with Crippen LogP contribution in [-0.4, -0.2) is 12.6 Å². The fourth-order valence-electron chi connectivity index (χ4n) is 5.47. The Labute approximate surface area is 214 Å². The molecule has 1 aromatic heterocycles. The van der Waals surface area contributed by atoms with E-state index in [9.17, 15) is 0 Å². The molecule has 2 aliphatic rings. The topological polar surface area (TPSA) is 7.12 Å². The second-order valence-electron chi connectivity index (χ2n) is 9.32. The van der Waals surface area contributed by atoms with Crippen molar-refractivity contribution < 1.29 is 4.57 Å². The van der Waals surface area contributed by atoms with Gasteiger partial charge in [-0.3, -0.25) is 0 Å². The van der Waals surface area contributed by atoms with E-state index < -0.39 is 0 Å². The van der Waals surface area contributed by atoms with Crippen molar-refractivity contribution >= 4 is 40.3 Å². The molecule has 3 aromatic rings. The highest BCUT2D eigenvalue weighted by Crippen LogP contribution is 2.35. The summed E-state index contributed by atoms with van der Waals surface area (Å²) in [7, 11) is 0. The molecule has 2 heterocycles. The van der Waals surface area contributed by atoms with Crippen LogP contribution in [-0.2, 0) is 6.54 Å². The normalized spacial score (nSPS) is 19.2. The van der Waals surface area contributed by atoms with Gasteiger partial charge in [0.1, 0.15) is 6.54 Å². The number of anilines is 1. The van der Waals surface area contributed by atoms with Crippen LogP contribution in [0.4, 0.5) is 5.69 Å². The molecule has 0 amide bonds. The Balaban J connectivity index is 1.38. The predicted octanol–water partition coefficient (Wildman–Crippen LogP) is 8.08. The third-order valence-electron chi connectivity index (χ3n) is 7.29. The first-order chi connectivity index (χ1) is 17.2. The molecule has 1 aliphatic carbocycles. The zero-order chi connectivity index (χ0) is 24.2. The number of likely N-dealkylation sites (N-methyl/N-ethyl adjacent to an activating group) is 1. The molecule has 0 radical (unpaired) electrons. The van der Waals surface area contributed by atoms with Crippen LogP contribution in [0.3, 0.4) is 0 Å². The van der Waals surface area contributed by atoms with Gasteiger partial charge in [0.25, 0.3) is 0 Å². The summed E-state index contributed by atoms with van der Waals surface area (Å²) >= 11 is 6.97.